The highest BCUT2D eigenvalue weighted by Crippen LogP contribution is 2.16. The highest BCUT2D eigenvalue weighted by molar-refractivity contribution is 6.27. The van der Waals surface area contributed by atoms with E-state index >= 15 is 0 Å². The molecule has 0 aromatic rings. The molecule has 0 amide bonds. The van der Waals surface area contributed by atoms with Crippen LogP contribution in [0.5, 0.6) is 0 Å². The highest BCUT2D eigenvalue weighted by atomic mass is 16.5. The van der Waals surface area contributed by atoms with Gasteiger partial charge in [-0.2, -0.15) is 0 Å². The lowest BCUT2D eigenvalue weighted by atomic mass is 9.96. The summed E-state index contributed by atoms with van der Waals surface area (Å²) in [5, 5.41) is 27.7. The summed E-state index contributed by atoms with van der Waals surface area (Å²) in [7, 11) is 0. The fourth-order valence-corrected chi connectivity index (χ4v) is 1.81. The maximum atomic E-state index is 9.72. The van der Waals surface area contributed by atoms with Crippen molar-refractivity contribution in [3.63, 3.8) is 0 Å². The molecule has 0 aliphatic carbocycles. The summed E-state index contributed by atoms with van der Waals surface area (Å²) in [5.74, 6) is -2.67. The van der Waals surface area contributed by atoms with Gasteiger partial charge in [-0.05, 0) is 11.8 Å². The third-order valence-electron chi connectivity index (χ3n) is 2.74. The molecule has 0 aromatic heterocycles. The molecule has 132 valence electrons. The van der Waals surface area contributed by atoms with Gasteiger partial charge >= 0.3 is 11.9 Å². The molecule has 0 radical (unpaired) electrons. The Morgan fingerprint density at radius 2 is 1.36 bits per heavy atom. The van der Waals surface area contributed by atoms with E-state index in [-0.39, 0.29) is 6.10 Å². The van der Waals surface area contributed by atoms with Gasteiger partial charge in [0.05, 0.1) is 18.8 Å². The summed E-state index contributed by atoms with van der Waals surface area (Å²) >= 11 is 0. The van der Waals surface area contributed by atoms with Gasteiger partial charge in [0.2, 0.25) is 0 Å². The Labute approximate surface area is 132 Å². The smallest absolute Gasteiger partial charge is 0.414 e. The third-order valence-corrected chi connectivity index (χ3v) is 2.74. The first-order chi connectivity index (χ1) is 9.98. The summed E-state index contributed by atoms with van der Waals surface area (Å²) in [6.07, 6.45) is -0.184. The van der Waals surface area contributed by atoms with Gasteiger partial charge in [0, 0.05) is 12.6 Å². The minimum absolute atomic E-state index is 0.230. The number of hydrogen-bond acceptors (Lipinski definition) is 5. The van der Waals surface area contributed by atoms with Crippen molar-refractivity contribution in [2.75, 3.05) is 13.2 Å². The molecule has 0 aliphatic heterocycles. The van der Waals surface area contributed by atoms with Crippen molar-refractivity contribution in [1.29, 1.82) is 0 Å². The summed E-state index contributed by atoms with van der Waals surface area (Å²) in [6.45, 7) is 13.8. The molecule has 0 spiro atoms. The van der Waals surface area contributed by atoms with Crippen LogP contribution in [-0.4, -0.2) is 58.7 Å². The van der Waals surface area contributed by atoms with Crippen LogP contribution in [0, 0.1) is 11.8 Å². The van der Waals surface area contributed by atoms with Crippen LogP contribution < -0.4 is 5.32 Å². The lowest BCUT2D eigenvalue weighted by Crippen LogP contribution is -2.37. The molecule has 1 unspecified atom stereocenters. The van der Waals surface area contributed by atoms with E-state index in [4.69, 9.17) is 24.5 Å². The van der Waals surface area contributed by atoms with Gasteiger partial charge in [0.15, 0.2) is 0 Å². The maximum Gasteiger partial charge on any atom is 0.414 e. The van der Waals surface area contributed by atoms with Crippen LogP contribution in [0.2, 0.25) is 0 Å². The molecule has 0 bridgehead atoms. The van der Waals surface area contributed by atoms with Crippen LogP contribution >= 0.6 is 0 Å². The Hall–Kier alpha value is -1.18. The predicted octanol–water partition coefficient (Wildman–Crippen LogP) is 1.20. The monoisotopic (exact) mass is 321 g/mol. The zero-order chi connectivity index (χ0) is 17.9. The maximum absolute atomic E-state index is 9.72. The number of carbonyl (C=O) groups is 2. The third kappa shape index (κ3) is 13.8. The summed E-state index contributed by atoms with van der Waals surface area (Å²) < 4.78 is 5.77. The molecule has 22 heavy (non-hydrogen) atoms. The molecular formula is C15H31NO6. The van der Waals surface area contributed by atoms with Gasteiger partial charge in [-0.3, -0.25) is 0 Å². The Morgan fingerprint density at radius 3 is 1.64 bits per heavy atom. The molecular weight excluding hydrogens is 290 g/mol. The number of nitrogens with one attached hydrogen (secondary N) is 1. The van der Waals surface area contributed by atoms with E-state index in [0.717, 1.165) is 0 Å². The van der Waals surface area contributed by atoms with Crippen LogP contribution in [-0.2, 0) is 14.3 Å². The average molecular weight is 321 g/mol. The predicted molar refractivity (Wildman–Crippen MR) is 83.8 cm³/mol. The van der Waals surface area contributed by atoms with E-state index in [9.17, 15) is 5.11 Å². The van der Waals surface area contributed by atoms with Crippen LogP contribution in [0.4, 0.5) is 0 Å². The Morgan fingerprint density at radius 1 is 0.955 bits per heavy atom. The molecule has 0 fully saturated rings. The number of aliphatic carboxylic acids is 2. The quantitative estimate of drug-likeness (QED) is 0.496. The van der Waals surface area contributed by atoms with E-state index in [1.54, 1.807) is 0 Å². The Balaban J connectivity index is 0. The number of rotatable bonds is 8. The fraction of sp³-hybridized carbons (Fsp3) is 0.867. The van der Waals surface area contributed by atoms with Crippen molar-refractivity contribution in [1.82, 2.24) is 5.32 Å². The summed E-state index contributed by atoms with van der Waals surface area (Å²) in [4.78, 5) is 18.2. The molecule has 0 aliphatic rings. The van der Waals surface area contributed by atoms with Crippen molar-refractivity contribution in [2.24, 2.45) is 11.8 Å². The average Bonchev–Trinajstić information content (AvgIpc) is 2.36. The molecule has 0 saturated heterocycles. The summed E-state index contributed by atoms with van der Waals surface area (Å²) in [5.41, 5.74) is 0. The van der Waals surface area contributed by atoms with E-state index in [1.807, 2.05) is 0 Å². The molecule has 0 saturated carbocycles. The first kappa shape index (κ1) is 23.1. The first-order valence-corrected chi connectivity index (χ1v) is 7.48. The van der Waals surface area contributed by atoms with E-state index in [0.29, 0.717) is 31.0 Å². The number of hydrogen-bond donors (Lipinski definition) is 4. The van der Waals surface area contributed by atoms with Gasteiger partial charge in [-0.25, -0.2) is 9.59 Å². The minimum Gasteiger partial charge on any atom is -0.473 e. The SMILES string of the molecule is CC(C)NCC(O)COC(C(C)C)C(C)C.O=C(O)C(=O)O. The first-order valence-electron chi connectivity index (χ1n) is 7.48. The highest BCUT2D eigenvalue weighted by Gasteiger charge is 2.19. The standard InChI is InChI=1S/C13H29NO2.C2H2O4/c1-9(2)13(10(3)4)16-8-12(15)7-14-11(5)6;3-1(4)2(5)6/h9-15H,7-8H2,1-6H3;(H,3,4)(H,5,6). The molecule has 1 atom stereocenters. The van der Waals surface area contributed by atoms with Crippen molar-refractivity contribution in [3.8, 4) is 0 Å². The van der Waals surface area contributed by atoms with Crippen LogP contribution in [0.3, 0.4) is 0 Å². The van der Waals surface area contributed by atoms with Crippen molar-refractivity contribution < 1.29 is 29.6 Å². The van der Waals surface area contributed by atoms with Gasteiger partial charge in [-0.1, -0.05) is 41.5 Å². The van der Waals surface area contributed by atoms with Crippen LogP contribution in [0.1, 0.15) is 41.5 Å². The fourth-order valence-electron chi connectivity index (χ4n) is 1.81. The second-order valence-corrected chi connectivity index (χ2v) is 6.11. The molecule has 0 rings (SSSR count). The Bertz CT molecular complexity index is 297. The molecule has 7 heteroatoms. The van der Waals surface area contributed by atoms with Crippen molar-refractivity contribution in [3.05, 3.63) is 0 Å². The number of aliphatic hydroxyl groups is 1. The lowest BCUT2D eigenvalue weighted by molar-refractivity contribution is -0.159. The number of carboxylic acid groups (broad SMARTS) is 2. The second-order valence-electron chi connectivity index (χ2n) is 6.11. The van der Waals surface area contributed by atoms with Crippen LogP contribution in [0.25, 0.3) is 0 Å². The lowest BCUT2D eigenvalue weighted by Gasteiger charge is -2.26. The molecule has 0 heterocycles. The van der Waals surface area contributed by atoms with Gasteiger partial charge in [0.1, 0.15) is 0 Å². The van der Waals surface area contributed by atoms with Gasteiger partial charge < -0.3 is 25.4 Å². The van der Waals surface area contributed by atoms with E-state index in [2.05, 4.69) is 46.9 Å². The van der Waals surface area contributed by atoms with Crippen LogP contribution in [0.15, 0.2) is 0 Å². The molecule has 0 aromatic carbocycles. The van der Waals surface area contributed by atoms with E-state index < -0.39 is 18.0 Å². The van der Waals surface area contributed by atoms with Crippen molar-refractivity contribution in [2.45, 2.75) is 59.8 Å². The largest absolute Gasteiger partial charge is 0.473 e. The van der Waals surface area contributed by atoms with Gasteiger partial charge in [0.25, 0.3) is 0 Å². The van der Waals surface area contributed by atoms with Crippen molar-refractivity contribution >= 4 is 11.9 Å². The zero-order valence-electron chi connectivity index (χ0n) is 14.4. The summed E-state index contributed by atoms with van der Waals surface area (Å²) in [6, 6.07) is 0.403. The Kier molecular flexibility index (Phi) is 13.0. The molecule has 4 N–H and O–H groups in total. The van der Waals surface area contributed by atoms with E-state index in [1.165, 1.54) is 0 Å². The second kappa shape index (κ2) is 12.4. The minimum atomic E-state index is -1.82. The number of ether oxygens (including phenoxy) is 1. The van der Waals surface area contributed by atoms with Gasteiger partial charge in [-0.15, -0.1) is 0 Å². The normalized spacial score (nSPS) is 12.5. The number of carboxylic acids is 2. The zero-order valence-corrected chi connectivity index (χ0v) is 14.4. The number of aliphatic hydroxyl groups excluding tert-OH is 1. The topological polar surface area (TPSA) is 116 Å². The molecule has 7 nitrogen and oxygen atoms in total.